The maximum atomic E-state index is 12.8. The van der Waals surface area contributed by atoms with Gasteiger partial charge in [0.05, 0.1) is 4.91 Å². The molecule has 0 spiro atoms. The van der Waals surface area contributed by atoms with E-state index in [0.717, 1.165) is 46.0 Å². The molecule has 0 N–H and O–H groups in total. The normalized spacial score (nSPS) is 18.6. The first-order chi connectivity index (χ1) is 13.6. The average Bonchev–Trinajstić information content (AvgIpc) is 3.39. The summed E-state index contributed by atoms with van der Waals surface area (Å²) in [6.45, 7) is 5.66. The second kappa shape index (κ2) is 7.67. The molecule has 2 aromatic rings. The van der Waals surface area contributed by atoms with Crippen LogP contribution >= 0.6 is 11.8 Å². The zero-order chi connectivity index (χ0) is 19.7. The highest BCUT2D eigenvalue weighted by atomic mass is 32.2. The molecule has 0 bridgehead atoms. The van der Waals surface area contributed by atoms with E-state index in [-0.39, 0.29) is 12.5 Å². The molecule has 3 heterocycles. The van der Waals surface area contributed by atoms with Crippen molar-refractivity contribution in [3.63, 3.8) is 0 Å². The molecule has 3 amide bonds. The minimum Gasteiger partial charge on any atom is -0.343 e. The monoisotopic (exact) mass is 395 g/mol. The van der Waals surface area contributed by atoms with Gasteiger partial charge in [-0.2, -0.15) is 0 Å². The number of carbonyl (C=O) groups is 3. The lowest BCUT2D eigenvalue weighted by atomic mass is 10.1. The first-order valence-electron chi connectivity index (χ1n) is 9.30. The third-order valence-corrected chi connectivity index (χ3v) is 5.96. The first-order valence-corrected chi connectivity index (χ1v) is 10.1. The number of aromatic nitrogens is 1. The predicted molar refractivity (Wildman–Crippen MR) is 111 cm³/mol. The van der Waals surface area contributed by atoms with Gasteiger partial charge in [0, 0.05) is 42.3 Å². The number of rotatable bonds is 5. The molecule has 7 heteroatoms. The zero-order valence-corrected chi connectivity index (χ0v) is 16.3. The molecular weight excluding hydrogens is 374 g/mol. The smallest absolute Gasteiger partial charge is 0.294 e. The van der Waals surface area contributed by atoms with E-state index in [4.69, 9.17) is 0 Å². The molecule has 28 heavy (non-hydrogen) atoms. The summed E-state index contributed by atoms with van der Waals surface area (Å²) in [6.07, 6.45) is 7.46. The number of carbonyl (C=O) groups excluding carboxylic acids is 3. The number of nitrogens with zero attached hydrogens (tertiary/aromatic N) is 3. The molecule has 1 aromatic carbocycles. The van der Waals surface area contributed by atoms with Crippen molar-refractivity contribution in [3.05, 3.63) is 53.6 Å². The molecule has 2 saturated heterocycles. The van der Waals surface area contributed by atoms with Crippen LogP contribution < -0.4 is 0 Å². The van der Waals surface area contributed by atoms with Crippen molar-refractivity contribution in [1.82, 2.24) is 14.4 Å². The lowest BCUT2D eigenvalue weighted by Crippen LogP contribution is -2.40. The Labute approximate surface area is 167 Å². The standard InChI is InChI=1S/C21H21N3O3S/c1-2-9-23-13-15(16-7-3-4-8-17(16)23)12-18-20(26)24(21(27)28-18)14-19(25)22-10-5-6-11-22/h2-4,7-8,12-13H,1,5-6,9-11,14H2/b18-12+. The number of amides is 3. The zero-order valence-electron chi connectivity index (χ0n) is 15.5. The van der Waals surface area contributed by atoms with Crippen LogP contribution in [0.1, 0.15) is 18.4 Å². The van der Waals surface area contributed by atoms with Crippen molar-refractivity contribution in [1.29, 1.82) is 0 Å². The summed E-state index contributed by atoms with van der Waals surface area (Å²) in [7, 11) is 0. The number of hydrogen-bond acceptors (Lipinski definition) is 4. The molecule has 2 fully saturated rings. The average molecular weight is 395 g/mol. The highest BCUT2D eigenvalue weighted by molar-refractivity contribution is 8.18. The summed E-state index contributed by atoms with van der Waals surface area (Å²) in [5.74, 6) is -0.563. The van der Waals surface area contributed by atoms with Crippen LogP contribution in [0, 0.1) is 0 Å². The summed E-state index contributed by atoms with van der Waals surface area (Å²) < 4.78 is 2.05. The van der Waals surface area contributed by atoms with Crippen molar-refractivity contribution in [2.75, 3.05) is 19.6 Å². The third kappa shape index (κ3) is 3.38. The van der Waals surface area contributed by atoms with Crippen molar-refractivity contribution >= 4 is 45.8 Å². The largest absolute Gasteiger partial charge is 0.343 e. The van der Waals surface area contributed by atoms with Crippen molar-refractivity contribution in [2.24, 2.45) is 0 Å². The quantitative estimate of drug-likeness (QED) is 0.574. The third-order valence-electron chi connectivity index (χ3n) is 5.06. The van der Waals surface area contributed by atoms with Gasteiger partial charge in [-0.15, -0.1) is 6.58 Å². The van der Waals surface area contributed by atoms with Crippen LogP contribution in [-0.4, -0.2) is 51.1 Å². The van der Waals surface area contributed by atoms with Gasteiger partial charge in [0.25, 0.3) is 11.1 Å². The van der Waals surface area contributed by atoms with E-state index in [1.54, 1.807) is 11.0 Å². The maximum Gasteiger partial charge on any atom is 0.294 e. The second-order valence-electron chi connectivity index (χ2n) is 6.90. The summed E-state index contributed by atoms with van der Waals surface area (Å²) >= 11 is 0.891. The number of imide groups is 1. The topological polar surface area (TPSA) is 62.6 Å². The fraction of sp³-hybridized carbons (Fsp3) is 0.286. The molecule has 0 aliphatic carbocycles. The number of fused-ring (bicyclic) bond motifs is 1. The molecule has 0 unspecified atom stereocenters. The van der Waals surface area contributed by atoms with Crippen LogP contribution in [0.5, 0.6) is 0 Å². The van der Waals surface area contributed by atoms with Crippen LogP contribution in [0.2, 0.25) is 0 Å². The van der Waals surface area contributed by atoms with Gasteiger partial charge in [-0.1, -0.05) is 24.3 Å². The number of likely N-dealkylation sites (tertiary alicyclic amines) is 1. The van der Waals surface area contributed by atoms with E-state index in [0.29, 0.717) is 24.5 Å². The van der Waals surface area contributed by atoms with Crippen LogP contribution in [0.4, 0.5) is 4.79 Å². The Kier molecular flexibility index (Phi) is 5.09. The summed E-state index contributed by atoms with van der Waals surface area (Å²) in [6, 6.07) is 7.90. The molecule has 2 aliphatic rings. The molecule has 0 saturated carbocycles. The van der Waals surface area contributed by atoms with Crippen molar-refractivity contribution < 1.29 is 14.4 Å². The second-order valence-corrected chi connectivity index (χ2v) is 7.89. The Morgan fingerprint density at radius 2 is 1.93 bits per heavy atom. The molecular formula is C21H21N3O3S. The van der Waals surface area contributed by atoms with Gasteiger partial charge >= 0.3 is 0 Å². The van der Waals surface area contributed by atoms with E-state index in [1.807, 2.05) is 36.5 Å². The molecule has 0 atom stereocenters. The predicted octanol–water partition coefficient (Wildman–Crippen LogP) is 3.49. The van der Waals surface area contributed by atoms with Gasteiger partial charge in [0.2, 0.25) is 5.91 Å². The minimum absolute atomic E-state index is 0.163. The van der Waals surface area contributed by atoms with E-state index < -0.39 is 11.1 Å². The summed E-state index contributed by atoms with van der Waals surface area (Å²) in [4.78, 5) is 40.6. The van der Waals surface area contributed by atoms with Crippen LogP contribution in [0.25, 0.3) is 17.0 Å². The maximum absolute atomic E-state index is 12.8. The first kappa shape index (κ1) is 18.6. The van der Waals surface area contributed by atoms with Gasteiger partial charge in [-0.05, 0) is 36.7 Å². The van der Waals surface area contributed by atoms with Crippen LogP contribution in [0.3, 0.4) is 0 Å². The Hall–Kier alpha value is -2.80. The Balaban J connectivity index is 1.60. The molecule has 0 radical (unpaired) electrons. The molecule has 2 aliphatic heterocycles. The molecule has 6 nitrogen and oxygen atoms in total. The van der Waals surface area contributed by atoms with Gasteiger partial charge in [0.15, 0.2) is 0 Å². The van der Waals surface area contributed by atoms with Crippen LogP contribution in [-0.2, 0) is 16.1 Å². The van der Waals surface area contributed by atoms with E-state index in [1.165, 1.54) is 0 Å². The van der Waals surface area contributed by atoms with Crippen LogP contribution in [0.15, 0.2) is 48.0 Å². The highest BCUT2D eigenvalue weighted by Gasteiger charge is 2.37. The van der Waals surface area contributed by atoms with Gasteiger partial charge in [-0.3, -0.25) is 19.3 Å². The SMILES string of the molecule is C=CCn1cc(/C=C2/SC(=O)N(CC(=O)N3CCCC3)C2=O)c2ccccc21. The van der Waals surface area contributed by atoms with E-state index in [9.17, 15) is 14.4 Å². The molecule has 1 aromatic heterocycles. The number of hydrogen-bond donors (Lipinski definition) is 0. The Morgan fingerprint density at radius 1 is 1.18 bits per heavy atom. The van der Waals surface area contributed by atoms with Gasteiger partial charge in [0.1, 0.15) is 6.54 Å². The summed E-state index contributed by atoms with van der Waals surface area (Å²) in [5.41, 5.74) is 1.91. The van der Waals surface area contributed by atoms with E-state index in [2.05, 4.69) is 11.1 Å². The van der Waals surface area contributed by atoms with Crippen molar-refractivity contribution in [3.8, 4) is 0 Å². The number of allylic oxidation sites excluding steroid dienone is 1. The fourth-order valence-electron chi connectivity index (χ4n) is 3.66. The lowest BCUT2D eigenvalue weighted by molar-refractivity contribution is -0.135. The number of para-hydroxylation sites is 1. The molecule has 4 rings (SSSR count). The highest BCUT2D eigenvalue weighted by Crippen LogP contribution is 2.34. The number of benzene rings is 1. The van der Waals surface area contributed by atoms with Crippen molar-refractivity contribution in [2.45, 2.75) is 19.4 Å². The number of thioether (sulfide) groups is 1. The van der Waals surface area contributed by atoms with Gasteiger partial charge in [-0.25, -0.2) is 0 Å². The van der Waals surface area contributed by atoms with E-state index >= 15 is 0 Å². The van der Waals surface area contributed by atoms with Gasteiger partial charge < -0.3 is 9.47 Å². The fourth-order valence-corrected chi connectivity index (χ4v) is 4.49. The minimum atomic E-state index is -0.400. The Bertz CT molecular complexity index is 1000. The molecule has 144 valence electrons. The Morgan fingerprint density at radius 3 is 2.68 bits per heavy atom. The lowest BCUT2D eigenvalue weighted by Gasteiger charge is -2.18. The summed E-state index contributed by atoms with van der Waals surface area (Å²) in [5, 5.41) is 0.614.